The molecule has 0 atom stereocenters. The van der Waals surface area contributed by atoms with Crippen molar-refractivity contribution in [2.75, 3.05) is 6.26 Å². The Labute approximate surface area is 377 Å². The molecule has 9 heteroatoms. The summed E-state index contributed by atoms with van der Waals surface area (Å²) in [4.78, 5) is 12.5. The fourth-order valence-electron chi connectivity index (χ4n) is 8.72. The first kappa shape index (κ1) is 41.0. The molecule has 0 radical (unpaired) electrons. The van der Waals surface area contributed by atoms with Crippen LogP contribution >= 0.6 is 31.9 Å². The second-order valence-electron chi connectivity index (χ2n) is 15.1. The maximum atomic E-state index is 12.5. The van der Waals surface area contributed by atoms with Crippen LogP contribution in [0.2, 0.25) is 0 Å². The number of para-hydroxylation sites is 3. The molecule has 62 heavy (non-hydrogen) atoms. The molecular formula is C53H38Br2O6S. The van der Waals surface area contributed by atoms with E-state index >= 15 is 0 Å². The van der Waals surface area contributed by atoms with Gasteiger partial charge >= 0.3 is 0 Å². The first-order chi connectivity index (χ1) is 29.9. The number of fused-ring (bicyclic) bond motifs is 14. The third kappa shape index (κ3) is 7.62. The summed E-state index contributed by atoms with van der Waals surface area (Å²) in [5, 5.41) is 13.4. The van der Waals surface area contributed by atoms with Crippen LogP contribution < -0.4 is 4.74 Å². The molecule has 0 unspecified atom stereocenters. The smallest absolute Gasteiger partial charge is 0.261 e. The van der Waals surface area contributed by atoms with Crippen molar-refractivity contribution in [2.45, 2.75) is 5.41 Å². The van der Waals surface area contributed by atoms with E-state index in [1.165, 1.54) is 49.5 Å². The Kier molecular flexibility index (Phi) is 10.9. The highest BCUT2D eigenvalue weighted by Crippen LogP contribution is 2.62. The fourth-order valence-corrected chi connectivity index (χ4v) is 9.44. The number of hydrogen-bond donors (Lipinski definition) is 2. The van der Waals surface area contributed by atoms with Crippen molar-refractivity contribution in [1.29, 1.82) is 0 Å². The summed E-state index contributed by atoms with van der Waals surface area (Å²) in [7, 11) is -3.67. The molecule has 1 aliphatic heterocycles. The Morgan fingerprint density at radius 3 is 1.44 bits per heavy atom. The summed E-state index contributed by atoms with van der Waals surface area (Å²) >= 11 is 7.18. The van der Waals surface area contributed by atoms with Crippen LogP contribution in [-0.4, -0.2) is 30.1 Å². The van der Waals surface area contributed by atoms with E-state index < -0.39 is 15.5 Å². The van der Waals surface area contributed by atoms with Crippen LogP contribution in [0.4, 0.5) is 0 Å². The van der Waals surface area contributed by atoms with E-state index in [4.69, 9.17) is 14.4 Å². The van der Waals surface area contributed by atoms with Gasteiger partial charge < -0.3 is 9.84 Å². The summed E-state index contributed by atoms with van der Waals surface area (Å²) in [5.41, 5.74) is 10.9. The predicted molar refractivity (Wildman–Crippen MR) is 257 cm³/mol. The monoisotopic (exact) mass is 961 g/mol. The molecule has 0 amide bonds. The summed E-state index contributed by atoms with van der Waals surface area (Å²) in [5.74, 6) is 2.29. The molecule has 3 aliphatic rings. The van der Waals surface area contributed by atoms with Crippen LogP contribution in [0.3, 0.4) is 0 Å². The van der Waals surface area contributed by atoms with Crippen LogP contribution in [0.15, 0.2) is 197 Å². The third-order valence-electron chi connectivity index (χ3n) is 11.2. The quantitative estimate of drug-likeness (QED) is 0.147. The zero-order valence-electron chi connectivity index (χ0n) is 33.1. The number of ether oxygens (including phenoxy) is 1. The van der Waals surface area contributed by atoms with Crippen molar-refractivity contribution in [2.24, 2.45) is 0 Å². The zero-order valence-corrected chi connectivity index (χ0v) is 37.1. The molecule has 12 rings (SSSR count). The lowest BCUT2D eigenvalue weighted by Gasteiger charge is -2.39. The largest absolute Gasteiger partial charge is 0.508 e. The molecular weight excluding hydrogens is 924 g/mol. The van der Waals surface area contributed by atoms with Crippen molar-refractivity contribution < 1.29 is 29.0 Å². The van der Waals surface area contributed by atoms with Crippen LogP contribution in [0, 0.1) is 0 Å². The summed E-state index contributed by atoms with van der Waals surface area (Å²) < 4.78 is 34.3. The standard InChI is InChI=1S/C29H17BrO.C17H9BrO.C6H6O.CH4O3S.H2/c30-20-13-14-21-22-15-18-7-1-2-8-19(18)16-25(22)29(26(21)17-20)23-9-3-5-11-27(23)31-28-12-6-4-10-24(28)29;18-12-5-6-13-14-7-10-3-1-2-4-11(10)8-15(14)17(19)16(13)9-12;7-6-4-2-1-3-5-6;1-5(2,3)4;/h1-17H;1-9H;1-5,7H;1H3,(H,2,3,4);1H/i;;;;1+1. The average molecular weight is 964 g/mol. The normalized spacial score (nSPS) is 13.0. The number of halogens is 2. The van der Waals surface area contributed by atoms with E-state index in [9.17, 15) is 13.2 Å². The van der Waals surface area contributed by atoms with Crippen LogP contribution in [-0.2, 0) is 15.5 Å². The second kappa shape index (κ2) is 16.5. The van der Waals surface area contributed by atoms with E-state index in [0.29, 0.717) is 12.0 Å². The number of phenols is 1. The molecule has 0 saturated carbocycles. The van der Waals surface area contributed by atoms with Gasteiger partial charge in [-0.2, -0.15) is 8.42 Å². The number of phenolic OH excluding ortho intramolecular Hbond substituents is 1. The molecule has 0 aromatic heterocycles. The summed E-state index contributed by atoms with van der Waals surface area (Å²) in [6.45, 7) is 0. The SMILES string of the molecule is Brc1ccc2c(c1)C1(c3ccccc3Oc3ccccc31)c1cc3ccccc3cc1-2.CS(=O)(=O)O.O=C1c2cc(Br)ccc2-c2cc3ccccc3cc21.Oc1ccccc1.[2HH]. The lowest BCUT2D eigenvalue weighted by Crippen LogP contribution is -2.32. The fraction of sp³-hybridized carbons (Fsp3) is 0.0377. The second-order valence-corrected chi connectivity index (χ2v) is 18.4. The van der Waals surface area contributed by atoms with Gasteiger partial charge in [0.25, 0.3) is 10.1 Å². The molecule has 0 bridgehead atoms. The van der Waals surface area contributed by atoms with Gasteiger partial charge in [0.1, 0.15) is 17.2 Å². The highest BCUT2D eigenvalue weighted by atomic mass is 79.9. The maximum Gasteiger partial charge on any atom is 0.261 e. The number of carbonyl (C=O) groups excluding carboxylic acids is 1. The van der Waals surface area contributed by atoms with Crippen molar-refractivity contribution in [3.8, 4) is 39.5 Å². The minimum Gasteiger partial charge on any atom is -0.508 e. The molecule has 306 valence electrons. The molecule has 6 nitrogen and oxygen atoms in total. The lowest BCUT2D eigenvalue weighted by atomic mass is 9.66. The average Bonchev–Trinajstić information content (AvgIpc) is 3.68. The van der Waals surface area contributed by atoms with Gasteiger partial charge in [-0.3, -0.25) is 9.35 Å². The Morgan fingerprint density at radius 1 is 0.468 bits per heavy atom. The Balaban J connectivity index is 0.000000144. The Hall–Kier alpha value is -6.36. The van der Waals surface area contributed by atoms with Crippen LogP contribution in [0.1, 0.15) is 39.6 Å². The van der Waals surface area contributed by atoms with E-state index in [1.54, 1.807) is 24.3 Å². The topological polar surface area (TPSA) is 101 Å². The van der Waals surface area contributed by atoms with E-state index in [0.717, 1.165) is 48.1 Å². The van der Waals surface area contributed by atoms with Gasteiger partial charge in [-0.1, -0.05) is 147 Å². The molecule has 0 fully saturated rings. The minimum absolute atomic E-state index is 0. The molecule has 0 saturated heterocycles. The van der Waals surface area contributed by atoms with Crippen molar-refractivity contribution in [3.05, 3.63) is 230 Å². The molecule has 9 aromatic rings. The first-order valence-electron chi connectivity index (χ1n) is 19.6. The highest BCUT2D eigenvalue weighted by Gasteiger charge is 2.51. The van der Waals surface area contributed by atoms with Gasteiger partial charge in [0.05, 0.1) is 11.7 Å². The van der Waals surface area contributed by atoms with Gasteiger partial charge in [0, 0.05) is 32.6 Å². The molecule has 9 aromatic carbocycles. The summed E-state index contributed by atoms with van der Waals surface area (Å²) in [6.07, 6.45) is 0.715. The van der Waals surface area contributed by atoms with E-state index in [1.807, 2.05) is 48.5 Å². The first-order valence-corrected chi connectivity index (χ1v) is 23.1. The lowest BCUT2D eigenvalue weighted by molar-refractivity contribution is 0.104. The zero-order chi connectivity index (χ0) is 43.2. The minimum atomic E-state index is -3.67. The van der Waals surface area contributed by atoms with Crippen molar-refractivity contribution in [1.82, 2.24) is 0 Å². The number of rotatable bonds is 0. The van der Waals surface area contributed by atoms with Crippen LogP contribution in [0.25, 0.3) is 43.8 Å². The van der Waals surface area contributed by atoms with Crippen LogP contribution in [0.5, 0.6) is 17.2 Å². The number of ketones is 1. The van der Waals surface area contributed by atoms with Gasteiger partial charge in [-0.25, -0.2) is 0 Å². The maximum absolute atomic E-state index is 12.5. The Morgan fingerprint density at radius 2 is 0.887 bits per heavy atom. The van der Waals surface area contributed by atoms with Gasteiger partial charge in [-0.05, 0) is 128 Å². The number of aromatic hydroxyl groups is 1. The number of carbonyl (C=O) groups is 1. The molecule has 2 N–H and O–H groups in total. The van der Waals surface area contributed by atoms with E-state index in [2.05, 4.69) is 147 Å². The van der Waals surface area contributed by atoms with E-state index in [-0.39, 0.29) is 7.21 Å². The van der Waals surface area contributed by atoms with Crippen molar-refractivity contribution >= 4 is 69.3 Å². The third-order valence-corrected chi connectivity index (χ3v) is 12.2. The van der Waals surface area contributed by atoms with Crippen molar-refractivity contribution in [3.63, 3.8) is 0 Å². The molecule has 1 heterocycles. The van der Waals surface area contributed by atoms with Gasteiger partial charge in [0.15, 0.2) is 5.78 Å². The number of benzene rings is 9. The number of hydrogen-bond acceptors (Lipinski definition) is 5. The highest BCUT2D eigenvalue weighted by molar-refractivity contribution is 9.10. The molecule has 1 spiro atoms. The van der Waals surface area contributed by atoms with Gasteiger partial charge in [-0.15, -0.1) is 0 Å². The summed E-state index contributed by atoms with van der Waals surface area (Å²) in [6, 6.07) is 63.9. The predicted octanol–water partition coefficient (Wildman–Crippen LogP) is 14.0. The Bertz CT molecular complexity index is 3280. The van der Waals surface area contributed by atoms with Gasteiger partial charge in [0.2, 0.25) is 0 Å². The molecule has 2 aliphatic carbocycles.